The summed E-state index contributed by atoms with van der Waals surface area (Å²) in [6.07, 6.45) is 0.870. The zero-order valence-electron chi connectivity index (χ0n) is 33.4. The third kappa shape index (κ3) is 10.5. The molecule has 0 amide bonds. The normalized spacial score (nSPS) is 10.1. The van der Waals surface area contributed by atoms with Gasteiger partial charge in [-0.3, -0.25) is 9.59 Å². The number of carbonyl (C=O) groups is 2. The molecule has 0 spiro atoms. The average Bonchev–Trinajstić information content (AvgIpc) is 3.24. The van der Waals surface area contributed by atoms with Crippen molar-refractivity contribution in [3.05, 3.63) is 202 Å². The van der Waals surface area contributed by atoms with Crippen LogP contribution in [0.15, 0.2) is 158 Å². The molecule has 7 aromatic carbocycles. The highest BCUT2D eigenvalue weighted by Crippen LogP contribution is 2.33. The van der Waals surface area contributed by atoms with Crippen molar-refractivity contribution >= 4 is 12.1 Å². The number of hydrogen-bond donors (Lipinski definition) is 1. The van der Waals surface area contributed by atoms with E-state index in [1.165, 1.54) is 38.9 Å². The van der Waals surface area contributed by atoms with E-state index in [9.17, 15) is 9.59 Å². The van der Waals surface area contributed by atoms with Crippen molar-refractivity contribution in [1.82, 2.24) is 0 Å². The zero-order chi connectivity index (χ0) is 39.9. The number of ketones is 1. The molecule has 3 heteroatoms. The molecule has 7 aromatic rings. The molecule has 0 aliphatic heterocycles. The lowest BCUT2D eigenvalue weighted by molar-refractivity contribution is 0.103. The van der Waals surface area contributed by atoms with Crippen LogP contribution >= 0.6 is 0 Å². The smallest absolute Gasteiger partial charge is 0.193 e. The van der Waals surface area contributed by atoms with Gasteiger partial charge in [0, 0.05) is 25.2 Å². The van der Waals surface area contributed by atoms with Crippen LogP contribution in [0.25, 0.3) is 44.5 Å². The third-order valence-corrected chi connectivity index (χ3v) is 9.60. The van der Waals surface area contributed by atoms with Crippen molar-refractivity contribution in [3.8, 4) is 44.5 Å². The van der Waals surface area contributed by atoms with Crippen LogP contribution in [0, 0.1) is 34.6 Å². The Kier molecular flexibility index (Phi) is 15.4. The van der Waals surface area contributed by atoms with Gasteiger partial charge in [-0.25, -0.2) is 0 Å². The fourth-order valence-corrected chi connectivity index (χ4v) is 6.35. The van der Waals surface area contributed by atoms with Gasteiger partial charge >= 0.3 is 0 Å². The summed E-state index contributed by atoms with van der Waals surface area (Å²) in [5, 5.41) is 7.00. The van der Waals surface area contributed by atoms with Crippen molar-refractivity contribution in [3.63, 3.8) is 0 Å². The number of carbonyl (C=O) groups excluding carboxylic acids is 2. The summed E-state index contributed by atoms with van der Waals surface area (Å²) in [6.45, 7) is 14.2. The Hall–Kier alpha value is -6.16. The minimum absolute atomic E-state index is 0. The minimum atomic E-state index is 0. The molecule has 0 bridgehead atoms. The molecule has 55 heavy (non-hydrogen) atoms. The topological polar surface area (TPSA) is 54.4 Å². The summed E-state index contributed by atoms with van der Waals surface area (Å²) in [5.74, 6) is 0.0734. The molecule has 0 aliphatic rings. The van der Waals surface area contributed by atoms with Gasteiger partial charge in [0.05, 0.1) is 0 Å². The predicted molar refractivity (Wildman–Crippen MR) is 235 cm³/mol. The second kappa shape index (κ2) is 20.3. The highest BCUT2D eigenvalue weighted by Gasteiger charge is 2.15. The lowest BCUT2D eigenvalue weighted by atomic mass is 9.92. The molecule has 3 nitrogen and oxygen atoms in total. The molecule has 280 valence electrons. The summed E-state index contributed by atoms with van der Waals surface area (Å²) in [7, 11) is 1.00. The Morgan fingerprint density at radius 3 is 1.18 bits per heavy atom. The molecule has 7 rings (SSSR count). The number of aliphatic hydroxyl groups excluding tert-OH is 1. The Bertz CT molecular complexity index is 2370. The largest absolute Gasteiger partial charge is 0.400 e. The second-order valence-corrected chi connectivity index (χ2v) is 13.2. The van der Waals surface area contributed by atoms with Crippen LogP contribution in [-0.4, -0.2) is 24.3 Å². The summed E-state index contributed by atoms with van der Waals surface area (Å²) in [6, 6.07) is 54.3. The molecule has 0 heterocycles. The van der Waals surface area contributed by atoms with E-state index in [2.05, 4.69) is 117 Å². The Morgan fingerprint density at radius 2 is 0.782 bits per heavy atom. The van der Waals surface area contributed by atoms with Gasteiger partial charge in [-0.05, 0) is 125 Å². The van der Waals surface area contributed by atoms with Gasteiger partial charge in [-0.15, -0.1) is 0 Å². The number of aldehydes is 1. The van der Waals surface area contributed by atoms with E-state index in [0.717, 1.165) is 63.5 Å². The van der Waals surface area contributed by atoms with Gasteiger partial charge in [0.2, 0.25) is 0 Å². The molecule has 0 aliphatic carbocycles. The Balaban J connectivity index is 0.000000520. The average molecular weight is 727 g/mol. The maximum Gasteiger partial charge on any atom is 0.193 e. The summed E-state index contributed by atoms with van der Waals surface area (Å²) in [5.41, 5.74) is 17.4. The standard InChI is InChI=1S/C41H34O.C8H8O.C2H6.CH4O.H2/c1-27-18-19-37(22-29(27)3)35-15-8-13-33(25-35)31-11-7-12-32(24-31)34-14-9-16-36(26-34)38-20-21-40(30(4)23-38)41(42)39-17-6-5-10-28(39)2;1-7-4-2-3-5-8(7)6-9;2*1-2;/h5-26H,1-4H3;2-6H,1H3;1-2H3;2H,1H3;1H. The fraction of sp³-hybridized carbons (Fsp3) is 0.154. The number of hydrogen-bond acceptors (Lipinski definition) is 3. The minimum Gasteiger partial charge on any atom is -0.400 e. The molecule has 0 atom stereocenters. The molecule has 0 aromatic heterocycles. The van der Waals surface area contributed by atoms with Crippen LogP contribution in [0.3, 0.4) is 0 Å². The summed E-state index contributed by atoms with van der Waals surface area (Å²) >= 11 is 0. The van der Waals surface area contributed by atoms with Crippen molar-refractivity contribution in [2.45, 2.75) is 48.5 Å². The first-order chi connectivity index (χ1) is 26.7. The predicted octanol–water partition coefficient (Wildman–Crippen LogP) is 13.5. The fourth-order valence-electron chi connectivity index (χ4n) is 6.35. The van der Waals surface area contributed by atoms with Crippen molar-refractivity contribution in [1.29, 1.82) is 0 Å². The molecular formula is C52H54O3. The van der Waals surface area contributed by atoms with Crippen molar-refractivity contribution in [2.75, 3.05) is 7.11 Å². The van der Waals surface area contributed by atoms with Crippen LogP contribution in [0.5, 0.6) is 0 Å². The number of aliphatic hydroxyl groups is 1. The molecule has 1 N–H and O–H groups in total. The first kappa shape index (κ1) is 41.6. The van der Waals surface area contributed by atoms with Gasteiger partial charge < -0.3 is 5.11 Å². The van der Waals surface area contributed by atoms with Gasteiger partial charge in [-0.2, -0.15) is 0 Å². The van der Waals surface area contributed by atoms with Crippen LogP contribution in [-0.2, 0) is 0 Å². The molecule has 0 unspecified atom stereocenters. The van der Waals surface area contributed by atoms with Crippen LogP contribution in [0.4, 0.5) is 0 Å². The Morgan fingerprint density at radius 1 is 0.400 bits per heavy atom. The van der Waals surface area contributed by atoms with E-state index >= 15 is 0 Å². The van der Waals surface area contributed by atoms with Gasteiger partial charge in [-0.1, -0.05) is 153 Å². The van der Waals surface area contributed by atoms with E-state index in [0.29, 0.717) is 0 Å². The van der Waals surface area contributed by atoms with E-state index in [4.69, 9.17) is 5.11 Å². The molecule has 0 fully saturated rings. The van der Waals surface area contributed by atoms with E-state index in [1.54, 1.807) is 0 Å². The monoisotopic (exact) mass is 726 g/mol. The highest BCUT2D eigenvalue weighted by atomic mass is 16.2. The van der Waals surface area contributed by atoms with Crippen molar-refractivity contribution in [2.24, 2.45) is 0 Å². The first-order valence-corrected chi connectivity index (χ1v) is 18.8. The van der Waals surface area contributed by atoms with Gasteiger partial charge in [0.15, 0.2) is 5.78 Å². The van der Waals surface area contributed by atoms with Crippen LogP contribution < -0.4 is 0 Å². The number of benzene rings is 7. The van der Waals surface area contributed by atoms with E-state index < -0.39 is 0 Å². The van der Waals surface area contributed by atoms with Gasteiger partial charge in [0.1, 0.15) is 6.29 Å². The van der Waals surface area contributed by atoms with E-state index in [1.807, 2.05) is 89.2 Å². The summed E-state index contributed by atoms with van der Waals surface area (Å²) < 4.78 is 0. The SMILES string of the molecule is CC.CO.Cc1ccc(-c2cccc(-c3cccc(-c4cccc(-c5ccc(C(=O)c6ccccc6C)c(C)c5)c4)c3)c2)cc1C.Cc1ccccc1C=O.[HH]. The zero-order valence-corrected chi connectivity index (χ0v) is 33.4. The van der Waals surface area contributed by atoms with Gasteiger partial charge in [0.25, 0.3) is 0 Å². The molecule has 0 saturated heterocycles. The third-order valence-electron chi connectivity index (χ3n) is 9.60. The summed E-state index contributed by atoms with van der Waals surface area (Å²) in [4.78, 5) is 23.5. The maximum absolute atomic E-state index is 13.3. The number of aryl methyl sites for hydroxylation is 5. The maximum atomic E-state index is 13.3. The van der Waals surface area contributed by atoms with Crippen molar-refractivity contribution < 1.29 is 16.1 Å². The quantitative estimate of drug-likeness (QED) is 0.131. The number of rotatable bonds is 7. The highest BCUT2D eigenvalue weighted by molar-refractivity contribution is 6.11. The van der Waals surface area contributed by atoms with Crippen LogP contribution in [0.1, 0.15) is 69.4 Å². The molecule has 0 saturated carbocycles. The first-order valence-electron chi connectivity index (χ1n) is 18.8. The lowest BCUT2D eigenvalue weighted by Gasteiger charge is -2.12. The lowest BCUT2D eigenvalue weighted by Crippen LogP contribution is -2.05. The molecule has 0 radical (unpaired) electrons. The molecular weight excluding hydrogens is 673 g/mol. The van der Waals surface area contributed by atoms with E-state index in [-0.39, 0.29) is 7.21 Å². The second-order valence-electron chi connectivity index (χ2n) is 13.2. The van der Waals surface area contributed by atoms with Crippen LogP contribution in [0.2, 0.25) is 0 Å². The Labute approximate surface area is 329 Å².